The molecule has 1 fully saturated rings. The highest BCUT2D eigenvalue weighted by molar-refractivity contribution is 5.85. The molecule has 6 aromatic rings. The number of pyridine rings is 5. The second-order valence-corrected chi connectivity index (χ2v) is 26.0. The lowest BCUT2D eigenvalue weighted by molar-refractivity contribution is -0.193. The van der Waals surface area contributed by atoms with Crippen LogP contribution in [0.5, 0.6) is 23.0 Å². The Bertz CT molecular complexity index is 4120. The van der Waals surface area contributed by atoms with Gasteiger partial charge in [-0.25, -0.2) is 9.78 Å². The molecule has 8 rings (SSSR count). The first-order valence-electron chi connectivity index (χ1n) is 35.6. The van der Waals surface area contributed by atoms with Crippen LogP contribution in [0.15, 0.2) is 123 Å². The highest BCUT2D eigenvalue weighted by Crippen LogP contribution is 2.28. The zero-order chi connectivity index (χ0) is 82.6. The van der Waals surface area contributed by atoms with Crippen LogP contribution < -0.4 is 48.2 Å². The zero-order valence-corrected chi connectivity index (χ0v) is 63.9. The number of aromatic nitrogens is 5. The lowest BCUT2D eigenvalue weighted by atomic mass is 9.83. The molecule has 0 spiro atoms. The van der Waals surface area contributed by atoms with Gasteiger partial charge in [-0.05, 0) is 103 Å². The van der Waals surface area contributed by atoms with Crippen LogP contribution in [-0.2, 0) is 108 Å². The van der Waals surface area contributed by atoms with Crippen LogP contribution in [0.4, 0.5) is 0 Å². The number of likely N-dealkylation sites (N-methyl/N-ethyl adjacent to an activating group) is 1. The maximum absolute atomic E-state index is 13.1. The minimum atomic E-state index is -1.26. The van der Waals surface area contributed by atoms with E-state index in [1.165, 1.54) is 50.5 Å². The van der Waals surface area contributed by atoms with Crippen LogP contribution in [0.1, 0.15) is 139 Å². The molecule has 1 aliphatic carbocycles. The van der Waals surface area contributed by atoms with Crippen molar-refractivity contribution in [2.45, 2.75) is 143 Å². The van der Waals surface area contributed by atoms with E-state index in [0.717, 1.165) is 61.8 Å². The third-order valence-corrected chi connectivity index (χ3v) is 17.8. The molecule has 0 atom stereocenters. The van der Waals surface area contributed by atoms with Crippen LogP contribution in [0.3, 0.4) is 0 Å². The number of para-hydroxylation sites is 1. The van der Waals surface area contributed by atoms with Crippen molar-refractivity contribution in [2.24, 2.45) is 21.1 Å². The Hall–Kier alpha value is -11.8. The lowest BCUT2D eigenvalue weighted by Crippen LogP contribution is -2.49. The van der Waals surface area contributed by atoms with Gasteiger partial charge in [0.2, 0.25) is 39.9 Å². The molecule has 4 amide bonds. The number of carbonyl (C=O) groups excluding carboxylic acids is 8. The van der Waals surface area contributed by atoms with Crippen LogP contribution >= 0.6 is 0 Å². The average molecular weight is 1550 g/mol. The van der Waals surface area contributed by atoms with Gasteiger partial charge < -0.3 is 91.0 Å². The number of aryl methyl sites for hydroxylation is 3. The van der Waals surface area contributed by atoms with Crippen molar-refractivity contribution in [3.8, 4) is 23.0 Å². The monoisotopic (exact) mass is 1550 g/mol. The molecular weight excluding hydrogens is 1440 g/mol. The molecule has 1 saturated heterocycles. The number of nitrogens with one attached hydrogen (secondary N) is 6. The van der Waals surface area contributed by atoms with E-state index in [2.05, 4.69) is 41.9 Å². The summed E-state index contributed by atoms with van der Waals surface area (Å²) in [6.45, 7) is 12.8. The number of rotatable bonds is 33. The van der Waals surface area contributed by atoms with Crippen LogP contribution in [-0.4, -0.2) is 182 Å². The summed E-state index contributed by atoms with van der Waals surface area (Å²) in [4.78, 5) is 155. The highest BCUT2D eigenvalue weighted by Gasteiger charge is 2.33. The molecule has 0 unspecified atom stereocenters. The molecule has 0 radical (unpaired) electrons. The maximum atomic E-state index is 13.1. The average Bonchev–Trinajstić information content (AvgIpc) is 0.830. The molecule has 602 valence electrons. The van der Waals surface area contributed by atoms with Gasteiger partial charge in [-0.1, -0.05) is 42.5 Å². The van der Waals surface area contributed by atoms with E-state index in [-0.39, 0.29) is 106 Å². The minimum Gasteiger partial charge on any atom is -0.512 e. The number of carbonyl (C=O) groups is 6. The summed E-state index contributed by atoms with van der Waals surface area (Å²) >= 11 is 0. The molecule has 2 aliphatic rings. The van der Waals surface area contributed by atoms with E-state index < -0.39 is 74.6 Å². The standard InChI is InChI=1S/C36H49N7O10.C19H26N2O4.C15H18N4O2.C5H10O.2CO2/c1-20-14-27(45)33(51)24(41(20)5)17-37-30(48)8-11-36(40-23(4)44,12-9-31(49)38-18-25-34(52)28(46)15-21(2)42(25)6)13-10-32(50)39-19-26-35(53)29(47)16-22(3)43(26)7;1-20(12-15-6-2-4-8-17(15)22)10-11-21(14-19(24)25)13-16-7-3-5-9-18(16)23;20-15(21)14-6-3-5-13(19-14)11-17-9-8-16-10-12-4-1-2-7-18-12;1-2-4-6-5-3-1;2*2-1-3/h14-16,51-53H,8-13,17-19H2,1-7H3,(H,37,48)(H,38,49)(H,39,50)(H,40,44);2-4,6-8,22-23H,5,9-14H2,1H3,(H,24,25);1-7,16-17H,8-11H2,(H,20,21);1-5H2;;. The number of phenols is 1. The van der Waals surface area contributed by atoms with Crippen LogP contribution in [0.25, 0.3) is 0 Å². The van der Waals surface area contributed by atoms with Gasteiger partial charge in [0.05, 0.1) is 60.4 Å². The van der Waals surface area contributed by atoms with Gasteiger partial charge in [-0.2, -0.15) is 19.2 Å². The largest absolute Gasteiger partial charge is 0.512 e. The van der Waals surface area contributed by atoms with Crippen LogP contribution in [0.2, 0.25) is 0 Å². The predicted molar refractivity (Wildman–Crippen MR) is 404 cm³/mol. The molecule has 0 saturated carbocycles. The Morgan fingerprint density at radius 1 is 0.595 bits per heavy atom. The Labute approximate surface area is 641 Å². The summed E-state index contributed by atoms with van der Waals surface area (Å²) in [5.41, 5.74) is 2.68. The number of benzene rings is 1. The van der Waals surface area contributed by atoms with Gasteiger partial charge in [0.1, 0.15) is 11.4 Å². The van der Waals surface area contributed by atoms with E-state index in [1.54, 1.807) is 86.1 Å². The van der Waals surface area contributed by atoms with E-state index in [4.69, 9.17) is 34.1 Å². The van der Waals surface area contributed by atoms with Gasteiger partial charge in [-0.3, -0.25) is 48.2 Å². The number of allylic oxidation sites excluding steroid dienone is 2. The number of aliphatic hydroxyl groups excluding tert-OH is 1. The second-order valence-electron chi connectivity index (χ2n) is 26.0. The number of amides is 4. The molecule has 13 N–H and O–H groups in total. The number of hydrogen-bond acceptors (Lipinski definition) is 25. The van der Waals surface area contributed by atoms with E-state index in [0.29, 0.717) is 62.0 Å². The number of phenolic OH excluding ortho intramolecular Hbond substituents is 1. The van der Waals surface area contributed by atoms with Crippen molar-refractivity contribution < 1.29 is 88.4 Å². The summed E-state index contributed by atoms with van der Waals surface area (Å²) < 4.78 is 9.77. The van der Waals surface area contributed by atoms with E-state index in [9.17, 15) is 68.7 Å². The van der Waals surface area contributed by atoms with Crippen molar-refractivity contribution in [3.05, 3.63) is 196 Å². The first kappa shape index (κ1) is 93.4. The smallest absolute Gasteiger partial charge is 0.373 e. The maximum Gasteiger partial charge on any atom is 0.373 e. The number of aromatic carboxylic acids is 1. The number of ether oxygens (including phenoxy) is 1. The summed E-state index contributed by atoms with van der Waals surface area (Å²) in [5, 5.41) is 86.1. The SMILES string of the molecule is C1CCOCC1.CC(=O)NC(CCC(=O)NCc1c(O)c(=O)cc(C)n1C)(CCC(=O)NCc1c(O)c(=O)cc(C)n1C)CCC(=O)NCc1c(O)c(=O)cc(C)n1C.CN(CCN(CC(=O)O)CC1=C(O)CCC=C1)Cc1ccccc1O.O=C(O)c1cccc(CNCCNCc2ccccn2)n1.O=C=O.O=C=O. The first-order valence-corrected chi connectivity index (χ1v) is 35.6. The van der Waals surface area contributed by atoms with Crippen molar-refractivity contribution in [1.82, 2.24) is 65.4 Å². The number of aliphatic carboxylic acids is 1. The van der Waals surface area contributed by atoms with Crippen molar-refractivity contribution in [1.29, 1.82) is 0 Å². The Morgan fingerprint density at radius 2 is 1.05 bits per heavy atom. The molecule has 5 aromatic heterocycles. The number of hydrogen-bond donors (Lipinski definition) is 13. The highest BCUT2D eigenvalue weighted by atomic mass is 16.5. The number of carboxylic acid groups (broad SMARTS) is 2. The Morgan fingerprint density at radius 3 is 1.46 bits per heavy atom. The number of aromatic hydroxyl groups is 4. The number of aliphatic hydroxyl groups is 1. The van der Waals surface area contributed by atoms with Gasteiger partial charge in [0.15, 0.2) is 17.2 Å². The second kappa shape index (κ2) is 50.0. The fourth-order valence-corrected chi connectivity index (χ4v) is 11.3. The first-order chi connectivity index (χ1) is 52.8. The quantitative estimate of drug-likeness (QED) is 0.0261. The van der Waals surface area contributed by atoms with Gasteiger partial charge in [-0.15, -0.1) is 0 Å². The Balaban J connectivity index is 0.000000449. The number of carboxylic acids is 2. The molecule has 34 nitrogen and oxygen atoms in total. The molecule has 6 heterocycles. The summed E-state index contributed by atoms with van der Waals surface area (Å²) in [7, 11) is 6.83. The van der Waals surface area contributed by atoms with Crippen molar-refractivity contribution >= 4 is 47.9 Å². The predicted octanol–water partition coefficient (Wildman–Crippen LogP) is 3.74. The van der Waals surface area contributed by atoms with Crippen molar-refractivity contribution in [2.75, 3.05) is 59.5 Å². The lowest BCUT2D eigenvalue weighted by Gasteiger charge is -2.35. The summed E-state index contributed by atoms with van der Waals surface area (Å²) in [6, 6.07) is 21.8. The Kier molecular flexibility index (Phi) is 42.1. The molecule has 1 aromatic carbocycles. The van der Waals surface area contributed by atoms with E-state index >= 15 is 0 Å². The minimum absolute atomic E-state index is 0.0158. The molecule has 111 heavy (non-hydrogen) atoms. The zero-order valence-electron chi connectivity index (χ0n) is 63.9. The molecular formula is C77H103N13O21. The van der Waals surface area contributed by atoms with Crippen LogP contribution in [0, 0.1) is 20.8 Å². The fraction of sp³-hybridized carbons (Fsp3) is 0.442. The van der Waals surface area contributed by atoms with E-state index in [1.807, 2.05) is 59.3 Å². The van der Waals surface area contributed by atoms with Crippen molar-refractivity contribution in [3.63, 3.8) is 0 Å². The van der Waals surface area contributed by atoms with Gasteiger partial charge >= 0.3 is 24.2 Å². The summed E-state index contributed by atoms with van der Waals surface area (Å²) in [6.07, 6.45) is 10.9. The summed E-state index contributed by atoms with van der Waals surface area (Å²) in [5.74, 6) is -4.73. The molecule has 0 bridgehead atoms. The van der Waals surface area contributed by atoms with Gasteiger partial charge in [0, 0.05) is 177 Å². The third kappa shape index (κ3) is 34.6. The normalized spacial score (nSPS) is 12.1. The molecule has 1 aliphatic heterocycles. The topological polar surface area (TPSA) is 492 Å². The fourth-order valence-electron chi connectivity index (χ4n) is 11.3. The van der Waals surface area contributed by atoms with Gasteiger partial charge in [0.25, 0.3) is 0 Å². The third-order valence-electron chi connectivity index (χ3n) is 17.8. The molecule has 34 heteroatoms. The number of nitrogens with zero attached hydrogens (tertiary/aromatic N) is 7.